The van der Waals surface area contributed by atoms with E-state index in [-0.39, 0.29) is 12.1 Å². The molecule has 0 saturated heterocycles. The van der Waals surface area contributed by atoms with Crippen LogP contribution in [0.4, 0.5) is 13.2 Å². The summed E-state index contributed by atoms with van der Waals surface area (Å²) in [4.78, 5) is 11.8. The predicted octanol–water partition coefficient (Wildman–Crippen LogP) is 4.55. The van der Waals surface area contributed by atoms with E-state index in [4.69, 9.17) is 10.2 Å². The summed E-state index contributed by atoms with van der Waals surface area (Å²) < 4.78 is 46.6. The number of rotatable bonds is 3. The van der Waals surface area contributed by atoms with Crippen LogP contribution in [0.25, 0.3) is 21.8 Å². The highest BCUT2D eigenvalue weighted by Crippen LogP contribution is 2.37. The molecule has 7 heteroatoms. The van der Waals surface area contributed by atoms with Crippen molar-refractivity contribution in [2.24, 2.45) is 5.73 Å². The molecule has 0 spiro atoms. The first-order valence-corrected chi connectivity index (χ1v) is 7.80. The molecular weight excluding hydrogens is 345 g/mol. The molecule has 0 aliphatic heterocycles. The molecule has 2 heterocycles. The molecule has 4 rings (SSSR count). The van der Waals surface area contributed by atoms with Crippen LogP contribution < -0.4 is 5.73 Å². The van der Waals surface area contributed by atoms with E-state index in [0.717, 1.165) is 12.1 Å². The molecule has 2 N–H and O–H groups in total. The monoisotopic (exact) mass is 358 g/mol. The Labute approximate surface area is 145 Å². The molecule has 0 radical (unpaired) electrons. The molecule has 2 aromatic carbocycles. The first-order chi connectivity index (χ1) is 12.4. The zero-order valence-electron chi connectivity index (χ0n) is 13.4. The number of alkyl halides is 3. The zero-order valence-corrected chi connectivity index (χ0v) is 13.4. The maximum absolute atomic E-state index is 13.2. The zero-order chi connectivity index (χ0) is 18.5. The molecule has 0 saturated carbocycles. The summed E-state index contributed by atoms with van der Waals surface area (Å²) in [6.45, 7) is 0.233. The number of carbonyl (C=O) groups excluding carboxylic acids is 1. The number of carbonyl (C=O) groups is 1. The maximum Gasteiger partial charge on any atom is 0.416 e. The van der Waals surface area contributed by atoms with Crippen LogP contribution in [0.3, 0.4) is 0 Å². The fourth-order valence-electron chi connectivity index (χ4n) is 3.25. The van der Waals surface area contributed by atoms with Crippen LogP contribution in [0, 0.1) is 0 Å². The average molecular weight is 358 g/mol. The lowest BCUT2D eigenvalue weighted by molar-refractivity contribution is -0.137. The minimum atomic E-state index is -4.47. The molecule has 2 aromatic heterocycles. The first kappa shape index (κ1) is 16.3. The number of benzene rings is 2. The van der Waals surface area contributed by atoms with Crippen LogP contribution in [0.15, 0.2) is 59.2 Å². The van der Waals surface area contributed by atoms with Crippen molar-refractivity contribution in [2.45, 2.75) is 12.7 Å². The van der Waals surface area contributed by atoms with Crippen molar-refractivity contribution in [3.05, 3.63) is 71.7 Å². The lowest BCUT2D eigenvalue weighted by Crippen LogP contribution is -2.11. The topological polar surface area (TPSA) is 61.2 Å². The van der Waals surface area contributed by atoms with Crippen LogP contribution in [0.2, 0.25) is 0 Å². The van der Waals surface area contributed by atoms with Crippen molar-refractivity contribution in [3.63, 3.8) is 0 Å². The number of amides is 1. The van der Waals surface area contributed by atoms with E-state index in [9.17, 15) is 18.0 Å². The maximum atomic E-state index is 13.2. The van der Waals surface area contributed by atoms with E-state index in [0.29, 0.717) is 27.6 Å². The summed E-state index contributed by atoms with van der Waals surface area (Å²) in [5, 5.41) is 1.07. The Hall–Kier alpha value is -3.22. The number of aromatic nitrogens is 1. The summed E-state index contributed by atoms with van der Waals surface area (Å²) in [5.74, 6) is -0.0433. The number of halogens is 3. The molecule has 4 aromatic rings. The van der Waals surface area contributed by atoms with Gasteiger partial charge in [0.2, 0.25) is 5.91 Å². The molecular formula is C19H13F3N2O2. The van der Waals surface area contributed by atoms with Gasteiger partial charge in [-0.1, -0.05) is 12.1 Å². The Bertz CT molecular complexity index is 1130. The fourth-order valence-corrected chi connectivity index (χ4v) is 3.25. The molecule has 0 aliphatic rings. The summed E-state index contributed by atoms with van der Waals surface area (Å²) >= 11 is 0. The number of hydrogen-bond acceptors (Lipinski definition) is 2. The average Bonchev–Trinajstić information content (AvgIpc) is 3.21. The second-order valence-corrected chi connectivity index (χ2v) is 5.96. The summed E-state index contributed by atoms with van der Waals surface area (Å²) in [7, 11) is 0. The third kappa shape index (κ3) is 2.52. The Morgan fingerprint density at radius 1 is 1.08 bits per heavy atom. The largest absolute Gasteiger partial charge is 0.467 e. The lowest BCUT2D eigenvalue weighted by atomic mass is 10.0. The number of primary amides is 1. The summed E-state index contributed by atoms with van der Waals surface area (Å²) in [6.07, 6.45) is -2.97. The van der Waals surface area contributed by atoms with Gasteiger partial charge in [0.1, 0.15) is 5.76 Å². The molecule has 0 unspecified atom stereocenters. The Morgan fingerprint density at radius 3 is 2.54 bits per heavy atom. The second kappa shape index (κ2) is 5.66. The number of hydrogen-bond donors (Lipinski definition) is 1. The van der Waals surface area contributed by atoms with E-state index >= 15 is 0 Å². The van der Waals surface area contributed by atoms with E-state index in [1.807, 2.05) is 0 Å². The third-order valence-corrected chi connectivity index (χ3v) is 4.38. The van der Waals surface area contributed by atoms with Gasteiger partial charge in [0, 0.05) is 16.3 Å². The minimum Gasteiger partial charge on any atom is -0.467 e. The molecule has 132 valence electrons. The molecule has 0 atom stereocenters. The quantitative estimate of drug-likeness (QED) is 0.584. The highest BCUT2D eigenvalue weighted by Gasteiger charge is 2.31. The Kier molecular flexibility index (Phi) is 3.54. The SMILES string of the molecule is NC(=O)c1cccc2c1c1ccc(C(F)(F)F)cc1n2Cc1ccco1. The Balaban J connectivity index is 2.09. The van der Waals surface area contributed by atoms with E-state index < -0.39 is 17.6 Å². The van der Waals surface area contributed by atoms with Crippen LogP contribution >= 0.6 is 0 Å². The van der Waals surface area contributed by atoms with E-state index in [2.05, 4.69) is 0 Å². The van der Waals surface area contributed by atoms with Gasteiger partial charge in [0.25, 0.3) is 0 Å². The normalized spacial score (nSPS) is 12.1. The van der Waals surface area contributed by atoms with Gasteiger partial charge < -0.3 is 14.7 Å². The van der Waals surface area contributed by atoms with Crippen LogP contribution in [0.5, 0.6) is 0 Å². The van der Waals surface area contributed by atoms with Crippen LogP contribution in [-0.4, -0.2) is 10.5 Å². The van der Waals surface area contributed by atoms with Gasteiger partial charge in [-0.15, -0.1) is 0 Å². The first-order valence-electron chi connectivity index (χ1n) is 7.80. The third-order valence-electron chi connectivity index (χ3n) is 4.38. The van der Waals surface area contributed by atoms with Crippen molar-refractivity contribution in [3.8, 4) is 0 Å². The highest BCUT2D eigenvalue weighted by molar-refractivity contribution is 6.18. The van der Waals surface area contributed by atoms with Gasteiger partial charge in [-0.3, -0.25) is 4.79 Å². The van der Waals surface area contributed by atoms with Gasteiger partial charge in [0.15, 0.2) is 0 Å². The van der Waals surface area contributed by atoms with Gasteiger partial charge >= 0.3 is 6.18 Å². The van der Waals surface area contributed by atoms with E-state index in [1.54, 1.807) is 34.9 Å². The van der Waals surface area contributed by atoms with Gasteiger partial charge in [-0.05, 0) is 36.4 Å². The number of nitrogens with zero attached hydrogens (tertiary/aromatic N) is 1. The number of furan rings is 1. The van der Waals surface area contributed by atoms with Gasteiger partial charge in [-0.25, -0.2) is 0 Å². The second-order valence-electron chi connectivity index (χ2n) is 5.96. The van der Waals surface area contributed by atoms with Crippen molar-refractivity contribution < 1.29 is 22.4 Å². The smallest absolute Gasteiger partial charge is 0.416 e. The van der Waals surface area contributed by atoms with Crippen molar-refractivity contribution >= 4 is 27.7 Å². The summed E-state index contributed by atoms with van der Waals surface area (Å²) in [5.41, 5.74) is 5.96. The van der Waals surface area contributed by atoms with Crippen LogP contribution in [-0.2, 0) is 12.7 Å². The molecule has 26 heavy (non-hydrogen) atoms. The highest BCUT2D eigenvalue weighted by atomic mass is 19.4. The lowest BCUT2D eigenvalue weighted by Gasteiger charge is -2.09. The molecule has 0 aliphatic carbocycles. The summed E-state index contributed by atoms with van der Waals surface area (Å²) in [6, 6.07) is 11.9. The minimum absolute atomic E-state index is 0.233. The number of fused-ring (bicyclic) bond motifs is 3. The van der Waals surface area contributed by atoms with Gasteiger partial charge in [0.05, 0.1) is 29.4 Å². The van der Waals surface area contributed by atoms with Crippen molar-refractivity contribution in [1.82, 2.24) is 4.57 Å². The van der Waals surface area contributed by atoms with Crippen LogP contribution in [0.1, 0.15) is 21.7 Å². The predicted molar refractivity (Wildman–Crippen MR) is 90.8 cm³/mol. The Morgan fingerprint density at radius 2 is 1.88 bits per heavy atom. The molecule has 0 bridgehead atoms. The van der Waals surface area contributed by atoms with Crippen molar-refractivity contribution in [1.29, 1.82) is 0 Å². The van der Waals surface area contributed by atoms with Gasteiger partial charge in [-0.2, -0.15) is 13.2 Å². The standard InChI is InChI=1S/C19H13F3N2O2/c20-19(21,22)11-6-7-13-16(9-11)24(10-12-3-2-8-26-12)15-5-1-4-14(17(13)15)18(23)25/h1-9H,10H2,(H2,23,25). The van der Waals surface area contributed by atoms with Crippen molar-refractivity contribution in [2.75, 3.05) is 0 Å². The molecule has 0 fully saturated rings. The fraction of sp³-hybridized carbons (Fsp3) is 0.105. The number of nitrogens with two attached hydrogens (primary N) is 1. The molecule has 1 amide bonds. The van der Waals surface area contributed by atoms with E-state index in [1.165, 1.54) is 12.3 Å². The molecule has 4 nitrogen and oxygen atoms in total.